The topological polar surface area (TPSA) is 78.4 Å². The van der Waals surface area contributed by atoms with Crippen LogP contribution in [0.15, 0.2) is 12.1 Å². The van der Waals surface area contributed by atoms with Crippen LogP contribution in [0.25, 0.3) is 0 Å². The number of carboxylic acid groups (broad SMARTS) is 1. The van der Waals surface area contributed by atoms with Gasteiger partial charge in [-0.1, -0.05) is 0 Å². The molecule has 5 nitrogen and oxygen atoms in total. The minimum absolute atomic E-state index is 0.00424. The molecule has 1 aromatic rings. The first kappa shape index (κ1) is 14.4. The third kappa shape index (κ3) is 3.74. The molecular weight excluding hydrogens is 270 g/mol. The SMILES string of the molecule is O=C(CNCC1CC1)Nc1cc(C(=O)O)c(F)cc1F. The van der Waals surface area contributed by atoms with Crippen molar-refractivity contribution in [1.29, 1.82) is 0 Å². The van der Waals surface area contributed by atoms with E-state index in [0.29, 0.717) is 12.0 Å². The lowest BCUT2D eigenvalue weighted by Gasteiger charge is -2.09. The van der Waals surface area contributed by atoms with Gasteiger partial charge >= 0.3 is 5.97 Å². The molecule has 1 fully saturated rings. The Labute approximate surface area is 114 Å². The highest BCUT2D eigenvalue weighted by Crippen LogP contribution is 2.27. The zero-order valence-corrected chi connectivity index (χ0v) is 10.6. The molecule has 7 heteroatoms. The van der Waals surface area contributed by atoms with Gasteiger partial charge < -0.3 is 15.7 Å². The van der Waals surface area contributed by atoms with E-state index in [0.717, 1.165) is 25.5 Å². The van der Waals surface area contributed by atoms with Gasteiger partial charge in [0.15, 0.2) is 0 Å². The van der Waals surface area contributed by atoms with Crippen molar-refractivity contribution in [3.05, 3.63) is 29.3 Å². The third-order valence-corrected chi connectivity index (χ3v) is 2.98. The highest BCUT2D eigenvalue weighted by Gasteiger charge is 2.21. The molecule has 1 saturated carbocycles. The van der Waals surface area contributed by atoms with Crippen LogP contribution in [-0.2, 0) is 4.79 Å². The maximum atomic E-state index is 13.4. The summed E-state index contributed by atoms with van der Waals surface area (Å²) >= 11 is 0. The molecule has 0 heterocycles. The molecule has 2 rings (SSSR count). The lowest BCUT2D eigenvalue weighted by molar-refractivity contribution is -0.115. The van der Waals surface area contributed by atoms with Crippen LogP contribution in [-0.4, -0.2) is 30.1 Å². The second-order valence-electron chi connectivity index (χ2n) is 4.74. The quantitative estimate of drug-likeness (QED) is 0.741. The number of halogens is 2. The molecule has 0 unspecified atom stereocenters. The fourth-order valence-corrected chi connectivity index (χ4v) is 1.71. The summed E-state index contributed by atoms with van der Waals surface area (Å²) in [6.45, 7) is 0.718. The average Bonchev–Trinajstić information content (AvgIpc) is 3.16. The monoisotopic (exact) mass is 284 g/mol. The van der Waals surface area contributed by atoms with Gasteiger partial charge in [-0.05, 0) is 31.4 Å². The van der Waals surface area contributed by atoms with E-state index in [9.17, 15) is 18.4 Å². The Bertz CT molecular complexity index is 545. The molecule has 1 aromatic carbocycles. The molecule has 3 N–H and O–H groups in total. The van der Waals surface area contributed by atoms with Crippen molar-refractivity contribution in [3.8, 4) is 0 Å². The van der Waals surface area contributed by atoms with Gasteiger partial charge in [0.25, 0.3) is 0 Å². The van der Waals surface area contributed by atoms with Crippen molar-refractivity contribution in [3.63, 3.8) is 0 Å². The van der Waals surface area contributed by atoms with E-state index in [1.165, 1.54) is 0 Å². The number of amides is 1. The summed E-state index contributed by atoms with van der Waals surface area (Å²) in [5.41, 5.74) is -1.03. The molecule has 0 atom stereocenters. The molecule has 1 aliphatic rings. The summed E-state index contributed by atoms with van der Waals surface area (Å²) < 4.78 is 26.6. The molecule has 0 aromatic heterocycles. The van der Waals surface area contributed by atoms with Crippen LogP contribution in [0.1, 0.15) is 23.2 Å². The molecule has 0 radical (unpaired) electrons. The van der Waals surface area contributed by atoms with Crippen molar-refractivity contribution >= 4 is 17.6 Å². The van der Waals surface area contributed by atoms with E-state index in [1.807, 2.05) is 0 Å². The molecule has 1 amide bonds. The predicted octanol–water partition coefficient (Wildman–Crippen LogP) is 1.60. The lowest BCUT2D eigenvalue weighted by Crippen LogP contribution is -2.29. The Kier molecular flexibility index (Phi) is 4.29. The van der Waals surface area contributed by atoms with Crippen LogP contribution in [0.5, 0.6) is 0 Å². The number of carbonyl (C=O) groups excluding carboxylic acids is 1. The summed E-state index contributed by atoms with van der Waals surface area (Å²) in [5, 5.41) is 13.9. The maximum absolute atomic E-state index is 13.4. The van der Waals surface area contributed by atoms with Crippen molar-refractivity contribution in [2.24, 2.45) is 5.92 Å². The smallest absolute Gasteiger partial charge is 0.338 e. The van der Waals surface area contributed by atoms with Gasteiger partial charge in [0.1, 0.15) is 11.6 Å². The van der Waals surface area contributed by atoms with Crippen LogP contribution in [0.3, 0.4) is 0 Å². The molecule has 0 saturated heterocycles. The van der Waals surface area contributed by atoms with Crippen molar-refractivity contribution in [1.82, 2.24) is 5.32 Å². The molecule has 0 spiro atoms. The van der Waals surface area contributed by atoms with E-state index >= 15 is 0 Å². The maximum Gasteiger partial charge on any atom is 0.338 e. The third-order valence-electron chi connectivity index (χ3n) is 2.98. The predicted molar refractivity (Wildman–Crippen MR) is 67.5 cm³/mol. The molecule has 108 valence electrons. The number of benzene rings is 1. The number of rotatable bonds is 6. The standard InChI is InChI=1S/C13H14F2N2O3/c14-9-4-10(15)11(3-8(9)13(19)20)17-12(18)6-16-5-7-1-2-7/h3-4,7,16H,1-2,5-6H2,(H,17,18)(H,19,20). The van der Waals surface area contributed by atoms with E-state index in [2.05, 4.69) is 10.6 Å². The second kappa shape index (κ2) is 5.96. The van der Waals surface area contributed by atoms with Gasteiger partial charge in [-0.2, -0.15) is 0 Å². The number of aromatic carboxylic acids is 1. The number of hydrogen-bond acceptors (Lipinski definition) is 3. The lowest BCUT2D eigenvalue weighted by atomic mass is 10.2. The number of anilines is 1. The second-order valence-corrected chi connectivity index (χ2v) is 4.74. The largest absolute Gasteiger partial charge is 0.478 e. The van der Waals surface area contributed by atoms with Crippen LogP contribution in [0.2, 0.25) is 0 Å². The van der Waals surface area contributed by atoms with Gasteiger partial charge in [0, 0.05) is 6.07 Å². The fourth-order valence-electron chi connectivity index (χ4n) is 1.71. The van der Waals surface area contributed by atoms with E-state index in [-0.39, 0.29) is 12.2 Å². The Morgan fingerprint density at radius 1 is 1.25 bits per heavy atom. The zero-order valence-electron chi connectivity index (χ0n) is 10.6. The summed E-state index contributed by atoms with van der Waals surface area (Å²) in [6.07, 6.45) is 2.28. The van der Waals surface area contributed by atoms with Gasteiger partial charge in [0.05, 0.1) is 17.8 Å². The minimum Gasteiger partial charge on any atom is -0.478 e. The van der Waals surface area contributed by atoms with Crippen LogP contribution in [0, 0.1) is 17.6 Å². The Balaban J connectivity index is 1.98. The Morgan fingerprint density at radius 2 is 1.95 bits per heavy atom. The minimum atomic E-state index is -1.52. The van der Waals surface area contributed by atoms with E-state index < -0.39 is 29.1 Å². The summed E-state index contributed by atoms with van der Waals surface area (Å²) in [4.78, 5) is 22.3. The Hall–Kier alpha value is -2.02. The first-order chi connectivity index (χ1) is 9.47. The zero-order chi connectivity index (χ0) is 14.7. The Morgan fingerprint density at radius 3 is 2.55 bits per heavy atom. The average molecular weight is 284 g/mol. The number of carbonyl (C=O) groups is 2. The number of hydrogen-bond donors (Lipinski definition) is 3. The summed E-state index contributed by atoms with van der Waals surface area (Å²) in [5.74, 6) is -3.62. The van der Waals surface area contributed by atoms with Crippen LogP contribution >= 0.6 is 0 Å². The van der Waals surface area contributed by atoms with E-state index in [1.54, 1.807) is 0 Å². The van der Waals surface area contributed by atoms with Gasteiger partial charge in [0.2, 0.25) is 5.91 Å². The summed E-state index contributed by atoms with van der Waals surface area (Å²) in [7, 11) is 0. The fraction of sp³-hybridized carbons (Fsp3) is 0.385. The highest BCUT2D eigenvalue weighted by molar-refractivity contribution is 5.95. The molecule has 0 bridgehead atoms. The molecular formula is C13H14F2N2O3. The van der Waals surface area contributed by atoms with Crippen molar-refractivity contribution in [2.75, 3.05) is 18.4 Å². The number of nitrogens with one attached hydrogen (secondary N) is 2. The van der Waals surface area contributed by atoms with Gasteiger partial charge in [-0.15, -0.1) is 0 Å². The van der Waals surface area contributed by atoms with Gasteiger partial charge in [-0.25, -0.2) is 13.6 Å². The molecule has 1 aliphatic carbocycles. The van der Waals surface area contributed by atoms with E-state index in [4.69, 9.17) is 5.11 Å². The van der Waals surface area contributed by atoms with Crippen molar-refractivity contribution in [2.45, 2.75) is 12.8 Å². The normalized spacial score (nSPS) is 14.1. The van der Waals surface area contributed by atoms with Crippen LogP contribution in [0.4, 0.5) is 14.5 Å². The summed E-state index contributed by atoms with van der Waals surface area (Å²) in [6, 6.07) is 1.21. The van der Waals surface area contributed by atoms with Gasteiger partial charge in [-0.3, -0.25) is 4.79 Å². The number of carboxylic acids is 1. The first-order valence-corrected chi connectivity index (χ1v) is 6.20. The molecule has 20 heavy (non-hydrogen) atoms. The van der Waals surface area contributed by atoms with Crippen LogP contribution < -0.4 is 10.6 Å². The van der Waals surface area contributed by atoms with Crippen molar-refractivity contribution < 1.29 is 23.5 Å². The molecule has 0 aliphatic heterocycles. The highest BCUT2D eigenvalue weighted by atomic mass is 19.1. The first-order valence-electron chi connectivity index (χ1n) is 6.20.